The molecule has 0 aromatic rings. The molecule has 0 aliphatic carbocycles. The van der Waals surface area contributed by atoms with Crippen molar-refractivity contribution < 1.29 is 19.5 Å². The van der Waals surface area contributed by atoms with Crippen molar-refractivity contribution in [3.63, 3.8) is 0 Å². The highest BCUT2D eigenvalue weighted by Gasteiger charge is 2.31. The molecule has 0 heterocycles. The van der Waals surface area contributed by atoms with Gasteiger partial charge in [-0.1, -0.05) is 46.5 Å². The van der Waals surface area contributed by atoms with Crippen LogP contribution in [0, 0.1) is 0 Å². The molecule has 4 heteroatoms. The van der Waals surface area contributed by atoms with Crippen LogP contribution in [0.5, 0.6) is 0 Å². The average molecular weight is 288 g/mol. The van der Waals surface area contributed by atoms with Crippen molar-refractivity contribution in [3.05, 3.63) is 0 Å². The predicted octanol–water partition coefficient (Wildman–Crippen LogP) is 3.04. The second-order valence-corrected chi connectivity index (χ2v) is 6.03. The van der Waals surface area contributed by atoms with E-state index in [-0.39, 0.29) is 12.6 Å². The third-order valence-corrected chi connectivity index (χ3v) is 3.86. The van der Waals surface area contributed by atoms with Crippen molar-refractivity contribution in [3.8, 4) is 0 Å². The maximum atomic E-state index is 11.1. The topological polar surface area (TPSA) is 57.5 Å². The van der Waals surface area contributed by atoms with E-state index in [1.54, 1.807) is 0 Å². The molecule has 1 unspecified atom stereocenters. The minimum absolute atomic E-state index is 0.133. The van der Waals surface area contributed by atoms with E-state index in [1.165, 1.54) is 12.8 Å². The SMILES string of the molecule is CCCCCCC(O)C[N+](CCC)(CCC)CC(=O)O. The van der Waals surface area contributed by atoms with E-state index < -0.39 is 5.97 Å². The molecule has 0 rings (SSSR count). The normalized spacial score (nSPS) is 13.4. The Labute approximate surface area is 124 Å². The molecule has 1 atom stereocenters. The largest absolute Gasteiger partial charge is 0.477 e. The van der Waals surface area contributed by atoms with Gasteiger partial charge in [0.2, 0.25) is 0 Å². The zero-order valence-corrected chi connectivity index (χ0v) is 13.6. The molecular formula is C16H34NO3+. The number of carbonyl (C=O) groups is 1. The van der Waals surface area contributed by atoms with Gasteiger partial charge in [0, 0.05) is 0 Å². The van der Waals surface area contributed by atoms with Crippen molar-refractivity contribution in [2.45, 2.75) is 71.8 Å². The van der Waals surface area contributed by atoms with Gasteiger partial charge in [0.1, 0.15) is 12.6 Å². The van der Waals surface area contributed by atoms with Gasteiger partial charge in [-0.05, 0) is 19.3 Å². The zero-order valence-electron chi connectivity index (χ0n) is 13.6. The average Bonchev–Trinajstić information content (AvgIpc) is 2.34. The fourth-order valence-electron chi connectivity index (χ4n) is 3.10. The van der Waals surface area contributed by atoms with Crippen LogP contribution >= 0.6 is 0 Å². The van der Waals surface area contributed by atoms with Gasteiger partial charge in [-0.3, -0.25) is 0 Å². The van der Waals surface area contributed by atoms with Gasteiger partial charge in [0.15, 0.2) is 6.54 Å². The highest BCUT2D eigenvalue weighted by atomic mass is 16.4. The highest BCUT2D eigenvalue weighted by Crippen LogP contribution is 2.15. The number of carboxylic acids is 1. The molecule has 120 valence electrons. The lowest BCUT2D eigenvalue weighted by Crippen LogP contribution is -2.55. The van der Waals surface area contributed by atoms with E-state index in [2.05, 4.69) is 20.8 Å². The summed E-state index contributed by atoms with van der Waals surface area (Å²) in [6, 6.07) is 0. The molecule has 0 amide bonds. The lowest BCUT2D eigenvalue weighted by molar-refractivity contribution is -0.924. The summed E-state index contributed by atoms with van der Waals surface area (Å²) in [7, 11) is 0. The number of aliphatic hydroxyl groups is 1. The maximum absolute atomic E-state index is 11.1. The summed E-state index contributed by atoms with van der Waals surface area (Å²) in [5.74, 6) is -0.759. The molecule has 4 nitrogen and oxygen atoms in total. The quantitative estimate of drug-likeness (QED) is 0.404. The van der Waals surface area contributed by atoms with E-state index in [0.29, 0.717) is 11.0 Å². The molecule has 0 aliphatic rings. The van der Waals surface area contributed by atoms with Crippen LogP contribution in [0.4, 0.5) is 0 Å². The van der Waals surface area contributed by atoms with Gasteiger partial charge in [-0.15, -0.1) is 0 Å². The Bertz CT molecular complexity index is 250. The van der Waals surface area contributed by atoms with Crippen molar-refractivity contribution >= 4 is 5.97 Å². The number of rotatable bonds is 13. The number of carboxylic acid groups (broad SMARTS) is 1. The summed E-state index contributed by atoms with van der Waals surface area (Å²) in [5, 5.41) is 19.4. The summed E-state index contributed by atoms with van der Waals surface area (Å²) in [6.45, 7) is 8.73. The molecular weight excluding hydrogens is 254 g/mol. The Hall–Kier alpha value is -0.610. The number of aliphatic carboxylic acids is 1. The van der Waals surface area contributed by atoms with E-state index in [0.717, 1.165) is 45.2 Å². The smallest absolute Gasteiger partial charge is 0.359 e. The summed E-state index contributed by atoms with van der Waals surface area (Å²) < 4.78 is 0.525. The molecule has 0 saturated carbocycles. The first-order valence-corrected chi connectivity index (χ1v) is 8.24. The number of nitrogens with zero attached hydrogens (tertiary/aromatic N) is 1. The van der Waals surface area contributed by atoms with Crippen LogP contribution in [-0.4, -0.2) is 52.9 Å². The van der Waals surface area contributed by atoms with Crippen LogP contribution in [0.3, 0.4) is 0 Å². The van der Waals surface area contributed by atoms with E-state index >= 15 is 0 Å². The van der Waals surface area contributed by atoms with E-state index in [4.69, 9.17) is 5.11 Å². The molecule has 20 heavy (non-hydrogen) atoms. The molecule has 2 N–H and O–H groups in total. The van der Waals surface area contributed by atoms with Crippen LogP contribution in [0.15, 0.2) is 0 Å². The second kappa shape index (κ2) is 11.1. The van der Waals surface area contributed by atoms with Gasteiger partial charge in [0.05, 0.1) is 13.1 Å². The van der Waals surface area contributed by atoms with Crippen LogP contribution < -0.4 is 0 Å². The molecule has 0 fully saturated rings. The number of hydrogen-bond acceptors (Lipinski definition) is 2. The summed E-state index contributed by atoms with van der Waals surface area (Å²) in [5.41, 5.74) is 0. The fourth-order valence-corrected chi connectivity index (χ4v) is 3.10. The zero-order chi connectivity index (χ0) is 15.4. The lowest BCUT2D eigenvalue weighted by Gasteiger charge is -2.38. The summed E-state index contributed by atoms with van der Waals surface area (Å²) in [6.07, 6.45) is 6.95. The number of hydrogen-bond donors (Lipinski definition) is 2. The van der Waals surface area contributed by atoms with Crippen molar-refractivity contribution in [1.82, 2.24) is 0 Å². The molecule has 0 saturated heterocycles. The lowest BCUT2D eigenvalue weighted by atomic mass is 10.1. The Morgan fingerprint density at radius 2 is 1.60 bits per heavy atom. The third kappa shape index (κ3) is 8.54. The van der Waals surface area contributed by atoms with Gasteiger partial charge >= 0.3 is 5.97 Å². The van der Waals surface area contributed by atoms with Gasteiger partial charge < -0.3 is 14.7 Å². The van der Waals surface area contributed by atoms with Gasteiger partial charge in [-0.25, -0.2) is 4.79 Å². The summed E-state index contributed by atoms with van der Waals surface area (Å²) in [4.78, 5) is 11.1. The summed E-state index contributed by atoms with van der Waals surface area (Å²) >= 11 is 0. The molecule has 0 aromatic heterocycles. The van der Waals surface area contributed by atoms with Crippen LogP contribution in [0.25, 0.3) is 0 Å². The van der Waals surface area contributed by atoms with Crippen LogP contribution in [0.1, 0.15) is 65.7 Å². The minimum Gasteiger partial charge on any atom is -0.477 e. The Balaban J connectivity index is 4.47. The first kappa shape index (κ1) is 19.4. The molecule has 0 radical (unpaired) electrons. The first-order valence-electron chi connectivity index (χ1n) is 8.24. The molecule has 0 bridgehead atoms. The number of unbranched alkanes of at least 4 members (excludes halogenated alkanes) is 3. The van der Waals surface area contributed by atoms with Gasteiger partial charge in [0.25, 0.3) is 0 Å². The number of quaternary nitrogens is 1. The van der Waals surface area contributed by atoms with Crippen molar-refractivity contribution in [2.75, 3.05) is 26.2 Å². The fraction of sp³-hybridized carbons (Fsp3) is 0.938. The monoisotopic (exact) mass is 288 g/mol. The van der Waals surface area contributed by atoms with E-state index in [1.807, 2.05) is 0 Å². The minimum atomic E-state index is -0.759. The van der Waals surface area contributed by atoms with Crippen molar-refractivity contribution in [2.24, 2.45) is 0 Å². The third-order valence-electron chi connectivity index (χ3n) is 3.86. The Morgan fingerprint density at radius 3 is 2.05 bits per heavy atom. The second-order valence-electron chi connectivity index (χ2n) is 6.03. The number of aliphatic hydroxyl groups excluding tert-OH is 1. The predicted molar refractivity (Wildman–Crippen MR) is 82.7 cm³/mol. The molecule has 0 aromatic carbocycles. The molecule has 0 spiro atoms. The molecule has 0 aliphatic heterocycles. The van der Waals surface area contributed by atoms with Crippen LogP contribution in [-0.2, 0) is 4.79 Å². The Kier molecular flexibility index (Phi) is 10.8. The van der Waals surface area contributed by atoms with Crippen molar-refractivity contribution in [1.29, 1.82) is 0 Å². The Morgan fingerprint density at radius 1 is 1.00 bits per heavy atom. The van der Waals surface area contributed by atoms with E-state index in [9.17, 15) is 9.90 Å². The standard InChI is InChI=1S/C16H33NO3/c1-4-7-8-9-10-15(18)13-17(11-5-2,12-6-3)14-16(19)20/h15,18H,4-14H2,1-3H3/p+1. The first-order chi connectivity index (χ1) is 9.49. The van der Waals surface area contributed by atoms with Gasteiger partial charge in [-0.2, -0.15) is 0 Å². The highest BCUT2D eigenvalue weighted by molar-refractivity contribution is 5.67. The van der Waals surface area contributed by atoms with Crippen LogP contribution in [0.2, 0.25) is 0 Å². The maximum Gasteiger partial charge on any atom is 0.359 e.